The van der Waals surface area contributed by atoms with Crippen LogP contribution in [0.4, 0.5) is 5.69 Å². The lowest BCUT2D eigenvalue weighted by atomic mass is 10.4. The van der Waals surface area contributed by atoms with Gasteiger partial charge in [-0.2, -0.15) is 0 Å². The number of anilines is 1. The summed E-state index contributed by atoms with van der Waals surface area (Å²) in [7, 11) is 1.64. The number of hydrogen-bond acceptors (Lipinski definition) is 3. The maximum atomic E-state index is 11.2. The number of aromatic amines is 1. The number of rotatable bonds is 2. The third-order valence-corrected chi connectivity index (χ3v) is 1.79. The van der Waals surface area contributed by atoms with Crippen LogP contribution in [0.1, 0.15) is 19.9 Å². The van der Waals surface area contributed by atoms with Crippen LogP contribution >= 0.6 is 0 Å². The number of nitrogens with zero attached hydrogens (tertiary/aromatic N) is 1. The summed E-state index contributed by atoms with van der Waals surface area (Å²) in [6.45, 7) is 3.75. The van der Waals surface area contributed by atoms with Gasteiger partial charge in [0.2, 0.25) is 0 Å². The molecule has 1 aromatic rings. The summed E-state index contributed by atoms with van der Waals surface area (Å²) in [6.07, 6.45) is 1.52. The Hall–Kier alpha value is -1.52. The van der Waals surface area contributed by atoms with Crippen LogP contribution < -0.4 is 16.6 Å². The van der Waals surface area contributed by atoms with E-state index >= 15 is 0 Å². The zero-order valence-corrected chi connectivity index (χ0v) is 7.92. The fourth-order valence-electron chi connectivity index (χ4n) is 1.05. The van der Waals surface area contributed by atoms with E-state index in [-0.39, 0.29) is 17.3 Å². The van der Waals surface area contributed by atoms with Crippen molar-refractivity contribution < 1.29 is 0 Å². The van der Waals surface area contributed by atoms with Crippen LogP contribution in [0.5, 0.6) is 0 Å². The van der Waals surface area contributed by atoms with Gasteiger partial charge in [-0.3, -0.25) is 14.3 Å². The van der Waals surface area contributed by atoms with E-state index in [0.29, 0.717) is 5.69 Å². The summed E-state index contributed by atoms with van der Waals surface area (Å²) in [6, 6.07) is 0.0384. The molecule has 0 unspecified atom stereocenters. The number of aromatic nitrogens is 2. The first kappa shape index (κ1) is 9.57. The third kappa shape index (κ3) is 1.80. The second-order valence-corrected chi connectivity index (χ2v) is 3.05. The minimum atomic E-state index is -0.385. The topological polar surface area (TPSA) is 66.9 Å². The van der Waals surface area contributed by atoms with E-state index in [1.165, 1.54) is 10.8 Å². The summed E-state index contributed by atoms with van der Waals surface area (Å²) in [5, 5.41) is 2.71. The van der Waals surface area contributed by atoms with Crippen molar-refractivity contribution in [2.24, 2.45) is 0 Å². The van der Waals surface area contributed by atoms with Crippen LogP contribution in [0.15, 0.2) is 15.8 Å². The predicted molar refractivity (Wildman–Crippen MR) is 51.3 cm³/mol. The highest BCUT2D eigenvalue weighted by molar-refractivity contribution is 5.36. The van der Waals surface area contributed by atoms with Crippen LogP contribution in [0.2, 0.25) is 0 Å². The Bertz CT molecular complexity index is 403. The molecule has 0 radical (unpaired) electrons. The molecule has 13 heavy (non-hydrogen) atoms. The van der Waals surface area contributed by atoms with Crippen LogP contribution in [0.25, 0.3) is 0 Å². The first-order valence-corrected chi connectivity index (χ1v) is 4.09. The maximum Gasteiger partial charge on any atom is 0.328 e. The standard InChI is InChI=1S/C8H13N3O2/c1-5(2)11-4-6(9-3)7(12)10-8(11)13/h4-5,9H,1-3H3,(H,10,12,13). The van der Waals surface area contributed by atoms with Gasteiger partial charge in [0.25, 0.3) is 5.56 Å². The summed E-state index contributed by atoms with van der Waals surface area (Å²) >= 11 is 0. The number of H-pyrrole nitrogens is 1. The van der Waals surface area contributed by atoms with E-state index in [2.05, 4.69) is 10.3 Å². The van der Waals surface area contributed by atoms with Crippen molar-refractivity contribution in [1.29, 1.82) is 0 Å². The van der Waals surface area contributed by atoms with E-state index in [9.17, 15) is 9.59 Å². The SMILES string of the molecule is CNc1cn(C(C)C)c(=O)[nH]c1=O. The largest absolute Gasteiger partial charge is 0.382 e. The first-order valence-electron chi connectivity index (χ1n) is 4.09. The van der Waals surface area contributed by atoms with Gasteiger partial charge in [0.1, 0.15) is 5.69 Å². The van der Waals surface area contributed by atoms with E-state index in [1.54, 1.807) is 7.05 Å². The van der Waals surface area contributed by atoms with Gasteiger partial charge < -0.3 is 5.32 Å². The molecule has 0 bridgehead atoms. The Labute approximate surface area is 75.4 Å². The molecular formula is C8H13N3O2. The summed E-state index contributed by atoms with van der Waals surface area (Å²) in [4.78, 5) is 24.6. The monoisotopic (exact) mass is 183 g/mol. The highest BCUT2D eigenvalue weighted by atomic mass is 16.2. The molecule has 0 saturated carbocycles. The average molecular weight is 183 g/mol. The summed E-state index contributed by atoms with van der Waals surface area (Å²) in [5.74, 6) is 0. The van der Waals surface area contributed by atoms with Crippen molar-refractivity contribution in [2.45, 2.75) is 19.9 Å². The Kier molecular flexibility index (Phi) is 2.55. The molecule has 5 nitrogen and oxygen atoms in total. The lowest BCUT2D eigenvalue weighted by molar-refractivity contribution is 0.562. The van der Waals surface area contributed by atoms with Gasteiger partial charge in [-0.1, -0.05) is 0 Å². The van der Waals surface area contributed by atoms with Gasteiger partial charge in [-0.15, -0.1) is 0 Å². The second kappa shape index (κ2) is 3.47. The fraction of sp³-hybridized carbons (Fsp3) is 0.500. The lowest BCUT2D eigenvalue weighted by Crippen LogP contribution is -2.31. The smallest absolute Gasteiger partial charge is 0.328 e. The number of nitrogens with one attached hydrogen (secondary N) is 2. The predicted octanol–water partition coefficient (Wildman–Crippen LogP) is 0.159. The molecule has 0 amide bonds. The zero-order valence-electron chi connectivity index (χ0n) is 7.92. The minimum absolute atomic E-state index is 0.0384. The lowest BCUT2D eigenvalue weighted by Gasteiger charge is -2.09. The molecule has 0 atom stereocenters. The molecule has 0 aliphatic heterocycles. The molecule has 1 rings (SSSR count). The van der Waals surface area contributed by atoms with Gasteiger partial charge in [-0.05, 0) is 13.8 Å². The Morgan fingerprint density at radius 3 is 2.54 bits per heavy atom. The van der Waals surface area contributed by atoms with Gasteiger partial charge >= 0.3 is 5.69 Å². The quantitative estimate of drug-likeness (QED) is 0.686. The highest BCUT2D eigenvalue weighted by Crippen LogP contribution is 2.01. The van der Waals surface area contributed by atoms with Gasteiger partial charge in [0, 0.05) is 19.3 Å². The van der Waals surface area contributed by atoms with Crippen molar-refractivity contribution >= 4 is 5.69 Å². The van der Waals surface area contributed by atoms with Crippen LogP contribution in [0.3, 0.4) is 0 Å². The molecule has 0 aromatic carbocycles. The molecule has 0 aliphatic carbocycles. The molecule has 0 saturated heterocycles. The maximum absolute atomic E-state index is 11.2. The van der Waals surface area contributed by atoms with Crippen molar-refractivity contribution in [2.75, 3.05) is 12.4 Å². The molecule has 2 N–H and O–H groups in total. The first-order chi connectivity index (χ1) is 6.06. The van der Waals surface area contributed by atoms with E-state index in [0.717, 1.165) is 0 Å². The molecule has 5 heteroatoms. The summed E-state index contributed by atoms with van der Waals surface area (Å²) in [5.41, 5.74) is -0.364. The van der Waals surface area contributed by atoms with Crippen molar-refractivity contribution in [3.05, 3.63) is 27.0 Å². The Morgan fingerprint density at radius 2 is 2.08 bits per heavy atom. The highest BCUT2D eigenvalue weighted by Gasteiger charge is 2.04. The summed E-state index contributed by atoms with van der Waals surface area (Å²) < 4.78 is 1.47. The Morgan fingerprint density at radius 1 is 1.46 bits per heavy atom. The van der Waals surface area contributed by atoms with E-state index in [4.69, 9.17) is 0 Å². The average Bonchev–Trinajstić information content (AvgIpc) is 2.03. The molecule has 0 aliphatic rings. The molecule has 1 heterocycles. The minimum Gasteiger partial charge on any atom is -0.382 e. The molecular weight excluding hydrogens is 170 g/mol. The van der Waals surface area contributed by atoms with Crippen LogP contribution in [-0.4, -0.2) is 16.6 Å². The van der Waals surface area contributed by atoms with Gasteiger partial charge in [0.05, 0.1) is 0 Å². The van der Waals surface area contributed by atoms with Gasteiger partial charge in [-0.25, -0.2) is 4.79 Å². The second-order valence-electron chi connectivity index (χ2n) is 3.05. The van der Waals surface area contributed by atoms with Crippen molar-refractivity contribution in [3.63, 3.8) is 0 Å². The molecule has 1 aromatic heterocycles. The molecule has 0 spiro atoms. The Balaban J connectivity index is 3.40. The zero-order chi connectivity index (χ0) is 10.0. The van der Waals surface area contributed by atoms with Gasteiger partial charge in [0.15, 0.2) is 0 Å². The van der Waals surface area contributed by atoms with Crippen molar-refractivity contribution in [1.82, 2.24) is 9.55 Å². The van der Waals surface area contributed by atoms with Crippen LogP contribution in [-0.2, 0) is 0 Å². The van der Waals surface area contributed by atoms with Crippen LogP contribution in [0, 0.1) is 0 Å². The molecule has 72 valence electrons. The number of hydrogen-bond donors (Lipinski definition) is 2. The van der Waals surface area contributed by atoms with E-state index in [1.807, 2.05) is 13.8 Å². The molecule has 0 fully saturated rings. The fourth-order valence-corrected chi connectivity index (χ4v) is 1.05. The normalized spacial score (nSPS) is 10.5. The van der Waals surface area contributed by atoms with Crippen molar-refractivity contribution in [3.8, 4) is 0 Å². The van der Waals surface area contributed by atoms with E-state index < -0.39 is 0 Å². The third-order valence-electron chi connectivity index (χ3n) is 1.79.